The molecule has 0 amide bonds. The Morgan fingerprint density at radius 3 is 2.36 bits per heavy atom. The van der Waals surface area contributed by atoms with Crippen LogP contribution in [-0.2, 0) is 0 Å². The number of aliphatic imine (C=N–C) groups is 1. The van der Waals surface area contributed by atoms with E-state index in [0.29, 0.717) is 24.0 Å². The van der Waals surface area contributed by atoms with Crippen molar-refractivity contribution in [2.75, 3.05) is 0 Å². The van der Waals surface area contributed by atoms with E-state index in [9.17, 15) is 13.2 Å². The van der Waals surface area contributed by atoms with Crippen LogP contribution < -0.4 is 11.1 Å². The van der Waals surface area contributed by atoms with Gasteiger partial charge in [-0.3, -0.25) is 0 Å². The minimum absolute atomic E-state index is 0.0830. The highest BCUT2D eigenvalue weighted by Crippen LogP contribution is 2.44. The van der Waals surface area contributed by atoms with Gasteiger partial charge in [-0.25, -0.2) is 18.2 Å². The second kappa shape index (κ2) is 6.18. The molecule has 0 radical (unpaired) electrons. The molecule has 1 aromatic carbocycles. The third-order valence-corrected chi connectivity index (χ3v) is 4.45. The van der Waals surface area contributed by atoms with Crippen molar-refractivity contribution in [1.82, 2.24) is 5.32 Å². The van der Waals surface area contributed by atoms with Crippen LogP contribution in [0.4, 0.5) is 13.2 Å². The summed E-state index contributed by atoms with van der Waals surface area (Å²) in [5.74, 6) is -3.43. The number of rotatable bonds is 3. The lowest BCUT2D eigenvalue weighted by Crippen LogP contribution is -2.41. The lowest BCUT2D eigenvalue weighted by atomic mass is 9.96. The molecule has 2 aliphatic carbocycles. The van der Waals surface area contributed by atoms with E-state index in [0.717, 1.165) is 25.0 Å². The molecule has 2 saturated carbocycles. The second-order valence-corrected chi connectivity index (χ2v) is 6.20. The number of hydrogen-bond donors (Lipinski definition) is 2. The Labute approximate surface area is 127 Å². The standard InChI is InChI=1S/C16H20F3N3/c17-12-6-9(7-13(18)15(12)19)11-8-14(11)22-16(20)21-10-4-2-1-3-5-10/h6-7,10-11,14H,1-5,8H2,(H3,20,21,22)/t11-,14+/m0/s1. The van der Waals surface area contributed by atoms with Gasteiger partial charge in [0.05, 0.1) is 6.04 Å². The van der Waals surface area contributed by atoms with Crippen LogP contribution in [0.5, 0.6) is 0 Å². The molecular formula is C16H20F3N3. The number of halogens is 3. The Morgan fingerprint density at radius 2 is 1.73 bits per heavy atom. The van der Waals surface area contributed by atoms with E-state index >= 15 is 0 Å². The van der Waals surface area contributed by atoms with Crippen molar-refractivity contribution in [1.29, 1.82) is 0 Å². The van der Waals surface area contributed by atoms with Crippen LogP contribution in [0, 0.1) is 17.5 Å². The maximum absolute atomic E-state index is 13.2. The highest BCUT2D eigenvalue weighted by Gasteiger charge is 2.39. The largest absolute Gasteiger partial charge is 0.370 e. The number of hydrogen-bond acceptors (Lipinski definition) is 1. The van der Waals surface area contributed by atoms with E-state index in [-0.39, 0.29) is 12.0 Å². The zero-order valence-electron chi connectivity index (χ0n) is 12.3. The Morgan fingerprint density at radius 1 is 1.09 bits per heavy atom. The number of nitrogens with zero attached hydrogens (tertiary/aromatic N) is 1. The van der Waals surface area contributed by atoms with Crippen molar-refractivity contribution in [2.45, 2.75) is 56.5 Å². The van der Waals surface area contributed by atoms with Gasteiger partial charge in [0.1, 0.15) is 0 Å². The van der Waals surface area contributed by atoms with E-state index in [1.807, 2.05) is 0 Å². The van der Waals surface area contributed by atoms with Crippen LogP contribution >= 0.6 is 0 Å². The average Bonchev–Trinajstić information content (AvgIpc) is 3.24. The van der Waals surface area contributed by atoms with Crippen molar-refractivity contribution in [3.05, 3.63) is 35.1 Å². The molecular weight excluding hydrogens is 291 g/mol. The summed E-state index contributed by atoms with van der Waals surface area (Å²) in [7, 11) is 0. The van der Waals surface area contributed by atoms with E-state index < -0.39 is 17.5 Å². The Kier molecular flexibility index (Phi) is 4.27. The van der Waals surface area contributed by atoms with Crippen molar-refractivity contribution in [2.24, 2.45) is 10.7 Å². The SMILES string of the molecule is NC(=N[C@@H]1C[C@H]1c1cc(F)c(F)c(F)c1)NC1CCCCC1. The first-order valence-electron chi connectivity index (χ1n) is 7.79. The third-order valence-electron chi connectivity index (χ3n) is 4.45. The molecule has 3 N–H and O–H groups in total. The summed E-state index contributed by atoms with van der Waals surface area (Å²) in [6, 6.07) is 2.38. The van der Waals surface area contributed by atoms with Crippen LogP contribution in [-0.4, -0.2) is 18.0 Å². The number of nitrogens with two attached hydrogens (primary N) is 1. The van der Waals surface area contributed by atoms with Crippen LogP contribution in [0.1, 0.15) is 50.0 Å². The minimum Gasteiger partial charge on any atom is -0.370 e. The first-order valence-corrected chi connectivity index (χ1v) is 7.79. The quantitative estimate of drug-likeness (QED) is 0.512. The molecule has 0 aliphatic heterocycles. The van der Waals surface area contributed by atoms with Crippen molar-refractivity contribution >= 4 is 5.96 Å². The molecule has 6 heteroatoms. The maximum Gasteiger partial charge on any atom is 0.194 e. The molecule has 2 fully saturated rings. The minimum atomic E-state index is -1.43. The predicted octanol–water partition coefficient (Wildman–Crippen LogP) is 3.20. The first-order chi connectivity index (χ1) is 10.5. The lowest BCUT2D eigenvalue weighted by Gasteiger charge is -2.23. The van der Waals surface area contributed by atoms with Crippen molar-refractivity contribution in [3.63, 3.8) is 0 Å². The van der Waals surface area contributed by atoms with Crippen LogP contribution in [0.15, 0.2) is 17.1 Å². The fraction of sp³-hybridized carbons (Fsp3) is 0.562. The van der Waals surface area contributed by atoms with Gasteiger partial charge in [0.2, 0.25) is 0 Å². The van der Waals surface area contributed by atoms with E-state index in [1.54, 1.807) is 0 Å². The molecule has 3 nitrogen and oxygen atoms in total. The first kappa shape index (κ1) is 15.2. The van der Waals surface area contributed by atoms with E-state index in [2.05, 4.69) is 10.3 Å². The molecule has 0 unspecified atom stereocenters. The molecule has 0 bridgehead atoms. The molecule has 1 aromatic rings. The van der Waals surface area contributed by atoms with Gasteiger partial charge >= 0.3 is 0 Å². The molecule has 0 aromatic heterocycles. The van der Waals surface area contributed by atoms with E-state index in [4.69, 9.17) is 5.73 Å². The average molecular weight is 311 g/mol. The summed E-state index contributed by atoms with van der Waals surface area (Å²) in [5.41, 5.74) is 6.34. The molecule has 0 heterocycles. The highest BCUT2D eigenvalue weighted by atomic mass is 19.2. The lowest BCUT2D eigenvalue weighted by molar-refractivity contribution is 0.412. The molecule has 2 aliphatic rings. The summed E-state index contributed by atoms with van der Waals surface area (Å²) in [5, 5.41) is 3.21. The molecule has 22 heavy (non-hydrogen) atoms. The Bertz CT molecular complexity index is 559. The Balaban J connectivity index is 1.60. The van der Waals surface area contributed by atoms with Gasteiger partial charge in [0.25, 0.3) is 0 Å². The van der Waals surface area contributed by atoms with Gasteiger partial charge < -0.3 is 11.1 Å². The number of nitrogens with one attached hydrogen (secondary N) is 1. The van der Waals surface area contributed by atoms with Crippen molar-refractivity contribution < 1.29 is 13.2 Å². The number of guanidine groups is 1. The van der Waals surface area contributed by atoms with Crippen LogP contribution in [0.3, 0.4) is 0 Å². The summed E-state index contributed by atoms with van der Waals surface area (Å²) in [4.78, 5) is 4.37. The Hall–Kier alpha value is -1.72. The molecule has 3 rings (SSSR count). The van der Waals surface area contributed by atoms with E-state index in [1.165, 1.54) is 19.3 Å². The highest BCUT2D eigenvalue weighted by molar-refractivity contribution is 5.78. The third kappa shape index (κ3) is 3.36. The smallest absolute Gasteiger partial charge is 0.194 e. The topological polar surface area (TPSA) is 50.4 Å². The predicted molar refractivity (Wildman–Crippen MR) is 79.1 cm³/mol. The normalized spacial score (nSPS) is 26.0. The zero-order chi connectivity index (χ0) is 15.7. The fourth-order valence-electron chi connectivity index (χ4n) is 3.14. The summed E-state index contributed by atoms with van der Waals surface area (Å²) in [6.07, 6.45) is 6.53. The summed E-state index contributed by atoms with van der Waals surface area (Å²) in [6.45, 7) is 0. The van der Waals surface area contributed by atoms with Crippen molar-refractivity contribution in [3.8, 4) is 0 Å². The van der Waals surface area contributed by atoms with Gasteiger partial charge in [0, 0.05) is 12.0 Å². The molecule has 0 spiro atoms. The summed E-state index contributed by atoms with van der Waals surface area (Å²) < 4.78 is 39.4. The zero-order valence-corrected chi connectivity index (χ0v) is 12.3. The maximum atomic E-state index is 13.2. The monoisotopic (exact) mass is 311 g/mol. The van der Waals surface area contributed by atoms with Gasteiger partial charge in [-0.15, -0.1) is 0 Å². The van der Waals surface area contributed by atoms with Gasteiger partial charge in [-0.1, -0.05) is 19.3 Å². The van der Waals surface area contributed by atoms with Gasteiger partial charge in [0.15, 0.2) is 23.4 Å². The summed E-state index contributed by atoms with van der Waals surface area (Å²) >= 11 is 0. The molecule has 2 atom stereocenters. The fourth-order valence-corrected chi connectivity index (χ4v) is 3.14. The second-order valence-electron chi connectivity index (χ2n) is 6.20. The van der Waals surface area contributed by atoms with Crippen LogP contribution in [0.25, 0.3) is 0 Å². The van der Waals surface area contributed by atoms with Gasteiger partial charge in [-0.05, 0) is 37.0 Å². The molecule has 120 valence electrons. The molecule has 0 saturated heterocycles. The van der Waals surface area contributed by atoms with Gasteiger partial charge in [-0.2, -0.15) is 0 Å². The number of benzene rings is 1. The van der Waals surface area contributed by atoms with Crippen LogP contribution in [0.2, 0.25) is 0 Å².